The lowest BCUT2D eigenvalue weighted by Crippen LogP contribution is -2.15. The molecule has 0 amide bonds. The number of alkyl halides is 3. The van der Waals surface area contributed by atoms with Gasteiger partial charge in [-0.1, -0.05) is 47.5 Å². The third kappa shape index (κ3) is 3.27. The zero-order chi connectivity index (χ0) is 20.1. The summed E-state index contributed by atoms with van der Waals surface area (Å²) in [5.41, 5.74) is -1.06. The number of halogens is 5. The maximum absolute atomic E-state index is 13.6. The monoisotopic (exact) mass is 423 g/mol. The van der Waals surface area contributed by atoms with Crippen molar-refractivity contribution in [1.82, 2.24) is 14.6 Å². The van der Waals surface area contributed by atoms with Crippen molar-refractivity contribution < 1.29 is 13.2 Å². The highest BCUT2D eigenvalue weighted by Crippen LogP contribution is 2.38. The smallest absolute Gasteiger partial charge is 0.284 e. The number of H-pyrrole nitrogens is 1. The van der Waals surface area contributed by atoms with Crippen LogP contribution in [0.25, 0.3) is 28.0 Å². The summed E-state index contributed by atoms with van der Waals surface area (Å²) in [6.45, 7) is 0. The van der Waals surface area contributed by atoms with Gasteiger partial charge in [-0.05, 0) is 29.8 Å². The zero-order valence-corrected chi connectivity index (χ0v) is 15.4. The van der Waals surface area contributed by atoms with Gasteiger partial charge >= 0.3 is 6.18 Å². The largest absolute Gasteiger partial charge is 0.433 e. The number of benzene rings is 2. The van der Waals surface area contributed by atoms with E-state index in [1.807, 2.05) is 0 Å². The Morgan fingerprint density at radius 3 is 1.96 bits per heavy atom. The van der Waals surface area contributed by atoms with Crippen LogP contribution in [0.5, 0.6) is 0 Å². The fourth-order valence-corrected chi connectivity index (χ4v) is 3.15. The van der Waals surface area contributed by atoms with Gasteiger partial charge in [-0.15, -0.1) is 0 Å². The molecule has 0 spiro atoms. The molecule has 0 unspecified atom stereocenters. The third-order valence-corrected chi connectivity index (χ3v) is 4.68. The summed E-state index contributed by atoms with van der Waals surface area (Å²) < 4.78 is 41.7. The van der Waals surface area contributed by atoms with Crippen molar-refractivity contribution in [3.63, 3.8) is 0 Å². The van der Waals surface area contributed by atoms with Crippen molar-refractivity contribution in [3.05, 3.63) is 80.7 Å². The summed E-state index contributed by atoms with van der Waals surface area (Å²) in [6, 6.07) is 13.5. The van der Waals surface area contributed by atoms with E-state index in [-0.39, 0.29) is 22.5 Å². The third-order valence-electron chi connectivity index (χ3n) is 4.17. The van der Waals surface area contributed by atoms with Gasteiger partial charge in [0, 0.05) is 21.7 Å². The van der Waals surface area contributed by atoms with Crippen LogP contribution in [0.2, 0.25) is 10.0 Å². The Balaban J connectivity index is 2.05. The van der Waals surface area contributed by atoms with Crippen LogP contribution in [0.1, 0.15) is 5.69 Å². The number of hydrogen-bond acceptors (Lipinski definition) is 2. The minimum atomic E-state index is -4.71. The molecule has 4 rings (SSSR count). The lowest BCUT2D eigenvalue weighted by molar-refractivity contribution is -0.140. The van der Waals surface area contributed by atoms with Crippen molar-refractivity contribution in [1.29, 1.82) is 0 Å². The van der Waals surface area contributed by atoms with Crippen LogP contribution in [0, 0.1) is 0 Å². The summed E-state index contributed by atoms with van der Waals surface area (Å²) in [5.74, 6) is 0. The lowest BCUT2D eigenvalue weighted by Gasteiger charge is -2.07. The number of nitrogens with zero attached hydrogens (tertiary/aromatic N) is 2. The molecule has 0 radical (unpaired) electrons. The van der Waals surface area contributed by atoms with Crippen LogP contribution in [0.4, 0.5) is 13.2 Å². The number of rotatable bonds is 2. The van der Waals surface area contributed by atoms with Gasteiger partial charge in [0.25, 0.3) is 5.56 Å². The quantitative estimate of drug-likeness (QED) is 0.450. The highest BCUT2D eigenvalue weighted by atomic mass is 35.5. The second kappa shape index (κ2) is 6.68. The van der Waals surface area contributed by atoms with E-state index in [1.54, 1.807) is 24.3 Å². The van der Waals surface area contributed by atoms with Crippen LogP contribution in [0.3, 0.4) is 0 Å². The molecule has 28 heavy (non-hydrogen) atoms. The first-order chi connectivity index (χ1) is 13.2. The molecule has 2 aromatic heterocycles. The zero-order valence-electron chi connectivity index (χ0n) is 13.9. The predicted octanol–water partition coefficient (Wildman–Crippen LogP) is 5.68. The fourth-order valence-electron chi connectivity index (χ4n) is 2.90. The van der Waals surface area contributed by atoms with E-state index < -0.39 is 17.4 Å². The van der Waals surface area contributed by atoms with Crippen molar-refractivity contribution in [2.24, 2.45) is 0 Å². The molecule has 0 aliphatic carbocycles. The Morgan fingerprint density at radius 2 is 1.43 bits per heavy atom. The predicted molar refractivity (Wildman–Crippen MR) is 102 cm³/mol. The molecular weight excluding hydrogens is 414 g/mol. The first-order valence-corrected chi connectivity index (χ1v) is 8.74. The van der Waals surface area contributed by atoms with Crippen molar-refractivity contribution in [3.8, 4) is 22.4 Å². The summed E-state index contributed by atoms with van der Waals surface area (Å²) in [7, 11) is 0. The average Bonchev–Trinajstić information content (AvgIpc) is 3.03. The first-order valence-electron chi connectivity index (χ1n) is 7.99. The van der Waals surface area contributed by atoms with Gasteiger partial charge in [-0.2, -0.15) is 13.2 Å². The Kier molecular flexibility index (Phi) is 4.44. The van der Waals surface area contributed by atoms with Gasteiger partial charge in [0.15, 0.2) is 5.65 Å². The minimum absolute atomic E-state index is 0.132. The van der Waals surface area contributed by atoms with E-state index in [9.17, 15) is 18.0 Å². The number of aromatic amines is 1. The van der Waals surface area contributed by atoms with Crippen LogP contribution in [0.15, 0.2) is 59.4 Å². The van der Waals surface area contributed by atoms with E-state index in [2.05, 4.69) is 10.1 Å². The van der Waals surface area contributed by atoms with Gasteiger partial charge in [-0.25, -0.2) is 9.50 Å². The molecule has 0 saturated carbocycles. The Bertz CT molecular complexity index is 1230. The normalized spacial score (nSPS) is 11.9. The summed E-state index contributed by atoms with van der Waals surface area (Å²) in [6.07, 6.45) is -4.71. The molecule has 4 nitrogen and oxygen atoms in total. The van der Waals surface area contributed by atoms with Crippen molar-refractivity contribution >= 4 is 28.8 Å². The van der Waals surface area contributed by atoms with Gasteiger partial charge in [0.2, 0.25) is 0 Å². The van der Waals surface area contributed by atoms with E-state index in [1.165, 1.54) is 30.3 Å². The molecule has 4 aromatic rings. The molecule has 2 heterocycles. The summed E-state index contributed by atoms with van der Waals surface area (Å²) in [4.78, 5) is 16.8. The molecule has 2 aromatic carbocycles. The Morgan fingerprint density at radius 1 is 0.893 bits per heavy atom. The summed E-state index contributed by atoms with van der Waals surface area (Å²) >= 11 is 11.7. The molecule has 142 valence electrons. The number of hydrogen-bond donors (Lipinski definition) is 1. The van der Waals surface area contributed by atoms with Crippen LogP contribution in [-0.2, 0) is 6.18 Å². The molecular formula is C19H10Cl2F3N3O. The SMILES string of the molecule is O=c1cc(-c2ccc(Cl)cc2)nc2c(-c3ccc(Cl)cc3)c(C(F)(F)F)[nH]n12. The fraction of sp³-hybridized carbons (Fsp3) is 0.0526. The second-order valence-electron chi connectivity index (χ2n) is 6.01. The Hall–Kier alpha value is -2.77. The molecule has 0 aliphatic rings. The van der Waals surface area contributed by atoms with Gasteiger partial charge < -0.3 is 0 Å². The molecule has 9 heteroatoms. The number of aromatic nitrogens is 3. The van der Waals surface area contributed by atoms with Gasteiger partial charge in [-0.3, -0.25) is 9.89 Å². The van der Waals surface area contributed by atoms with E-state index in [0.29, 0.717) is 15.6 Å². The molecule has 0 saturated heterocycles. The molecule has 0 bridgehead atoms. The maximum atomic E-state index is 13.6. The average molecular weight is 424 g/mol. The van der Waals surface area contributed by atoms with E-state index in [0.717, 1.165) is 4.52 Å². The molecule has 0 atom stereocenters. The molecule has 0 fully saturated rings. The van der Waals surface area contributed by atoms with Crippen LogP contribution >= 0.6 is 23.2 Å². The van der Waals surface area contributed by atoms with E-state index >= 15 is 0 Å². The van der Waals surface area contributed by atoms with Gasteiger partial charge in [0.1, 0.15) is 5.69 Å². The highest BCUT2D eigenvalue weighted by Gasteiger charge is 2.38. The topological polar surface area (TPSA) is 50.2 Å². The van der Waals surface area contributed by atoms with Crippen molar-refractivity contribution in [2.75, 3.05) is 0 Å². The minimum Gasteiger partial charge on any atom is -0.284 e. The standard InChI is InChI=1S/C19H10Cl2F3N3O/c20-12-5-1-10(2-6-12)14-9-15(28)27-18(25-14)16(17(26-27)19(22,23)24)11-3-7-13(21)8-4-11/h1-9,26H. The van der Waals surface area contributed by atoms with Crippen LogP contribution < -0.4 is 5.56 Å². The first kappa shape index (κ1) is 18.6. The summed E-state index contributed by atoms with van der Waals surface area (Å²) in [5, 5.41) is 3.00. The number of nitrogens with one attached hydrogen (secondary N) is 1. The van der Waals surface area contributed by atoms with E-state index in [4.69, 9.17) is 23.2 Å². The number of fused-ring (bicyclic) bond motifs is 1. The second-order valence-corrected chi connectivity index (χ2v) is 6.88. The van der Waals surface area contributed by atoms with Crippen molar-refractivity contribution in [2.45, 2.75) is 6.18 Å². The van der Waals surface area contributed by atoms with Gasteiger partial charge in [0.05, 0.1) is 11.3 Å². The molecule has 0 aliphatic heterocycles. The highest BCUT2D eigenvalue weighted by molar-refractivity contribution is 6.30. The molecule has 1 N–H and O–H groups in total. The lowest BCUT2D eigenvalue weighted by atomic mass is 10.1. The van der Waals surface area contributed by atoms with Crippen LogP contribution in [-0.4, -0.2) is 14.6 Å². The maximum Gasteiger partial charge on any atom is 0.433 e. The Labute approximate surface area is 166 Å².